The fourth-order valence-corrected chi connectivity index (χ4v) is 3.27. The smallest absolute Gasteiger partial charge is 0.223 e. The Kier molecular flexibility index (Phi) is 3.19. The lowest BCUT2D eigenvalue weighted by atomic mass is 9.98. The Bertz CT molecular complexity index is 580. The van der Waals surface area contributed by atoms with Crippen molar-refractivity contribution in [1.29, 1.82) is 0 Å². The van der Waals surface area contributed by atoms with E-state index in [1.807, 2.05) is 24.3 Å². The number of anilines is 1. The second kappa shape index (κ2) is 4.39. The topological polar surface area (TPSA) is 54.5 Å². The average Bonchev–Trinajstić information content (AvgIpc) is 2.66. The third-order valence-corrected chi connectivity index (χ3v) is 5.31. The standard InChI is InChI=1S/C13H17NO3S/c1-9(18(3,16)17)12-8-14(10(2)15)13-7-5-4-6-11(12)13/h4-7,9,12H,8H2,1-3H3. The lowest BCUT2D eigenvalue weighted by Gasteiger charge is -2.19. The van der Waals surface area contributed by atoms with Crippen LogP contribution in [0.4, 0.5) is 5.69 Å². The molecule has 1 aromatic rings. The highest BCUT2D eigenvalue weighted by Gasteiger charge is 2.37. The van der Waals surface area contributed by atoms with Gasteiger partial charge in [-0.25, -0.2) is 8.42 Å². The summed E-state index contributed by atoms with van der Waals surface area (Å²) in [6.07, 6.45) is 1.25. The van der Waals surface area contributed by atoms with Crippen LogP contribution in [0.15, 0.2) is 24.3 Å². The number of fused-ring (bicyclic) bond motifs is 1. The number of amides is 1. The first kappa shape index (κ1) is 13.1. The molecule has 0 saturated heterocycles. The van der Waals surface area contributed by atoms with Crippen LogP contribution in [0.2, 0.25) is 0 Å². The zero-order valence-corrected chi connectivity index (χ0v) is 11.6. The molecule has 1 aliphatic heterocycles. The van der Waals surface area contributed by atoms with Gasteiger partial charge in [-0.3, -0.25) is 4.79 Å². The molecule has 5 heteroatoms. The minimum Gasteiger partial charge on any atom is -0.312 e. The van der Waals surface area contributed by atoms with Crippen molar-refractivity contribution in [2.75, 3.05) is 17.7 Å². The van der Waals surface area contributed by atoms with Crippen LogP contribution in [0, 0.1) is 0 Å². The molecule has 98 valence electrons. The van der Waals surface area contributed by atoms with Crippen molar-refractivity contribution in [3.8, 4) is 0 Å². The van der Waals surface area contributed by atoms with E-state index in [-0.39, 0.29) is 11.8 Å². The summed E-state index contributed by atoms with van der Waals surface area (Å²) in [6.45, 7) is 3.66. The lowest BCUT2D eigenvalue weighted by Crippen LogP contribution is -2.32. The molecule has 0 N–H and O–H groups in total. The number of carbonyl (C=O) groups is 1. The first-order valence-electron chi connectivity index (χ1n) is 5.88. The first-order valence-corrected chi connectivity index (χ1v) is 7.83. The summed E-state index contributed by atoms with van der Waals surface area (Å²) in [5, 5.41) is -0.483. The zero-order valence-electron chi connectivity index (χ0n) is 10.8. The monoisotopic (exact) mass is 267 g/mol. The Hall–Kier alpha value is -1.36. The lowest BCUT2D eigenvalue weighted by molar-refractivity contribution is -0.116. The summed E-state index contributed by atoms with van der Waals surface area (Å²) >= 11 is 0. The molecule has 1 amide bonds. The van der Waals surface area contributed by atoms with Crippen LogP contribution >= 0.6 is 0 Å². The van der Waals surface area contributed by atoms with E-state index < -0.39 is 15.1 Å². The van der Waals surface area contributed by atoms with Crippen LogP contribution < -0.4 is 4.90 Å². The van der Waals surface area contributed by atoms with E-state index in [1.165, 1.54) is 13.2 Å². The van der Waals surface area contributed by atoms with Gasteiger partial charge in [-0.05, 0) is 18.6 Å². The molecule has 2 rings (SSSR count). The van der Waals surface area contributed by atoms with E-state index in [4.69, 9.17) is 0 Å². The maximum absolute atomic E-state index is 11.7. The Balaban J connectivity index is 2.46. The molecule has 0 fully saturated rings. The van der Waals surface area contributed by atoms with Crippen molar-refractivity contribution in [2.45, 2.75) is 25.0 Å². The molecule has 2 unspecified atom stereocenters. The van der Waals surface area contributed by atoms with Gasteiger partial charge in [0.05, 0.1) is 5.25 Å². The number of rotatable bonds is 2. The van der Waals surface area contributed by atoms with Crippen LogP contribution in [0.1, 0.15) is 25.3 Å². The largest absolute Gasteiger partial charge is 0.312 e. The van der Waals surface area contributed by atoms with Crippen molar-refractivity contribution < 1.29 is 13.2 Å². The molecule has 1 aromatic carbocycles. The number of hydrogen-bond donors (Lipinski definition) is 0. The predicted octanol–water partition coefficient (Wildman–Crippen LogP) is 1.57. The van der Waals surface area contributed by atoms with Crippen LogP contribution in [0.25, 0.3) is 0 Å². The normalized spacial score (nSPS) is 20.6. The molecule has 0 aromatic heterocycles. The minimum absolute atomic E-state index is 0.0503. The number of nitrogens with zero attached hydrogens (tertiary/aromatic N) is 1. The van der Waals surface area contributed by atoms with Gasteiger partial charge in [0.25, 0.3) is 0 Å². The summed E-state index contributed by atoms with van der Waals surface area (Å²) in [4.78, 5) is 13.3. The molecular formula is C13H17NO3S. The summed E-state index contributed by atoms with van der Waals surface area (Å²) in [5.74, 6) is -0.189. The van der Waals surface area contributed by atoms with Crippen LogP contribution in [0.3, 0.4) is 0 Å². The van der Waals surface area contributed by atoms with E-state index in [2.05, 4.69) is 0 Å². The average molecular weight is 267 g/mol. The van der Waals surface area contributed by atoms with E-state index in [1.54, 1.807) is 11.8 Å². The molecular weight excluding hydrogens is 250 g/mol. The molecule has 0 aliphatic carbocycles. The van der Waals surface area contributed by atoms with E-state index in [0.29, 0.717) is 6.54 Å². The van der Waals surface area contributed by atoms with Gasteiger partial charge in [0.2, 0.25) is 5.91 Å². The predicted molar refractivity (Wildman–Crippen MR) is 71.5 cm³/mol. The highest BCUT2D eigenvalue weighted by Crippen LogP contribution is 2.39. The van der Waals surface area contributed by atoms with Crippen LogP contribution in [-0.4, -0.2) is 32.4 Å². The van der Waals surface area contributed by atoms with Gasteiger partial charge in [-0.1, -0.05) is 18.2 Å². The molecule has 18 heavy (non-hydrogen) atoms. The molecule has 4 nitrogen and oxygen atoms in total. The maximum Gasteiger partial charge on any atom is 0.223 e. The summed E-state index contributed by atoms with van der Waals surface area (Å²) < 4.78 is 23.4. The summed E-state index contributed by atoms with van der Waals surface area (Å²) in [5.41, 5.74) is 1.79. The third kappa shape index (κ3) is 2.14. The molecule has 1 aliphatic rings. The molecule has 0 spiro atoms. The Morgan fingerprint density at radius 2 is 2.00 bits per heavy atom. The number of hydrogen-bond acceptors (Lipinski definition) is 3. The second-order valence-corrected chi connectivity index (χ2v) is 7.23. The first-order chi connectivity index (χ1) is 8.32. The summed E-state index contributed by atoms with van der Waals surface area (Å²) in [6, 6.07) is 7.52. The highest BCUT2D eigenvalue weighted by molar-refractivity contribution is 7.91. The van der Waals surface area contributed by atoms with Crippen molar-refractivity contribution in [1.82, 2.24) is 0 Å². The van der Waals surface area contributed by atoms with Crippen LogP contribution in [0.5, 0.6) is 0 Å². The maximum atomic E-state index is 11.7. The fraction of sp³-hybridized carbons (Fsp3) is 0.462. The Morgan fingerprint density at radius 3 is 2.56 bits per heavy atom. The van der Waals surface area contributed by atoms with Gasteiger partial charge in [-0.15, -0.1) is 0 Å². The molecule has 2 atom stereocenters. The van der Waals surface area contributed by atoms with Crippen molar-refractivity contribution >= 4 is 21.4 Å². The van der Waals surface area contributed by atoms with Gasteiger partial charge in [0, 0.05) is 31.3 Å². The third-order valence-electron chi connectivity index (χ3n) is 3.63. The van der Waals surface area contributed by atoms with Gasteiger partial charge in [0.15, 0.2) is 9.84 Å². The van der Waals surface area contributed by atoms with E-state index in [0.717, 1.165) is 11.3 Å². The van der Waals surface area contributed by atoms with E-state index >= 15 is 0 Å². The molecule has 0 radical (unpaired) electrons. The van der Waals surface area contributed by atoms with Gasteiger partial charge in [-0.2, -0.15) is 0 Å². The Labute approximate surface area is 108 Å². The van der Waals surface area contributed by atoms with Crippen molar-refractivity contribution in [3.05, 3.63) is 29.8 Å². The molecule has 1 heterocycles. The summed E-state index contributed by atoms with van der Waals surface area (Å²) in [7, 11) is -3.12. The second-order valence-electron chi connectivity index (χ2n) is 4.83. The molecule has 0 bridgehead atoms. The quantitative estimate of drug-likeness (QED) is 0.817. The SMILES string of the molecule is CC(=O)N1CC(C(C)S(C)(=O)=O)c2ccccc21. The van der Waals surface area contributed by atoms with Crippen molar-refractivity contribution in [3.63, 3.8) is 0 Å². The van der Waals surface area contributed by atoms with Crippen LogP contribution in [-0.2, 0) is 14.6 Å². The minimum atomic E-state index is -3.12. The number of carbonyl (C=O) groups excluding carboxylic acids is 1. The Morgan fingerprint density at radius 1 is 1.39 bits per heavy atom. The number of benzene rings is 1. The number of para-hydroxylation sites is 1. The van der Waals surface area contributed by atoms with Gasteiger partial charge in [0.1, 0.15) is 0 Å². The van der Waals surface area contributed by atoms with Gasteiger partial charge >= 0.3 is 0 Å². The highest BCUT2D eigenvalue weighted by atomic mass is 32.2. The zero-order chi connectivity index (χ0) is 13.5. The van der Waals surface area contributed by atoms with Crippen molar-refractivity contribution in [2.24, 2.45) is 0 Å². The van der Waals surface area contributed by atoms with E-state index in [9.17, 15) is 13.2 Å². The number of sulfone groups is 1. The van der Waals surface area contributed by atoms with Gasteiger partial charge < -0.3 is 4.90 Å². The fourth-order valence-electron chi connectivity index (χ4n) is 2.44. The molecule has 0 saturated carbocycles.